The maximum atomic E-state index is 9.39. The van der Waals surface area contributed by atoms with Crippen molar-refractivity contribution in [2.24, 2.45) is 0 Å². The molecule has 90 valence electrons. The van der Waals surface area contributed by atoms with Crippen molar-refractivity contribution in [3.05, 3.63) is 24.0 Å². The molecule has 0 aliphatic carbocycles. The van der Waals surface area contributed by atoms with Crippen molar-refractivity contribution >= 4 is 5.69 Å². The number of aliphatic hydroxyl groups is 1. The zero-order valence-electron chi connectivity index (χ0n) is 10.6. The van der Waals surface area contributed by atoms with Gasteiger partial charge in [-0.25, -0.2) is 0 Å². The van der Waals surface area contributed by atoms with Gasteiger partial charge >= 0.3 is 0 Å². The summed E-state index contributed by atoms with van der Waals surface area (Å²) in [6.45, 7) is 9.30. The molecule has 1 atom stereocenters. The largest absolute Gasteiger partial charge is 0.387 e. The fourth-order valence-corrected chi connectivity index (χ4v) is 1.74. The summed E-state index contributed by atoms with van der Waals surface area (Å²) in [5.41, 5.74) is 1.85. The topological polar surface area (TPSA) is 36.4 Å². The van der Waals surface area contributed by atoms with Crippen molar-refractivity contribution in [1.82, 2.24) is 4.98 Å². The standard InChI is InChI=1S/C13H22N2O/c1-5-8-15(10(2)3)12-6-7-13(11(4)16)14-9-12/h6-7,9-11,16H,5,8H2,1-4H3/t11-/m0/s1. The fourth-order valence-electron chi connectivity index (χ4n) is 1.74. The Morgan fingerprint density at radius 2 is 2.00 bits per heavy atom. The highest BCUT2D eigenvalue weighted by molar-refractivity contribution is 5.45. The first-order valence-electron chi connectivity index (χ1n) is 5.97. The molecule has 0 saturated carbocycles. The van der Waals surface area contributed by atoms with Gasteiger partial charge in [0, 0.05) is 12.6 Å². The molecule has 0 aliphatic heterocycles. The van der Waals surface area contributed by atoms with Crippen LogP contribution in [0.4, 0.5) is 5.69 Å². The summed E-state index contributed by atoms with van der Waals surface area (Å²) in [4.78, 5) is 6.59. The average molecular weight is 222 g/mol. The molecule has 0 radical (unpaired) electrons. The van der Waals surface area contributed by atoms with Gasteiger partial charge in [0.25, 0.3) is 0 Å². The number of aliphatic hydroxyl groups excluding tert-OH is 1. The van der Waals surface area contributed by atoms with E-state index in [1.807, 2.05) is 18.3 Å². The van der Waals surface area contributed by atoms with Gasteiger partial charge in [0.2, 0.25) is 0 Å². The molecule has 0 amide bonds. The second kappa shape index (κ2) is 5.85. The SMILES string of the molecule is CCCN(c1ccc([C@H](C)O)nc1)C(C)C. The Hall–Kier alpha value is -1.09. The molecule has 0 bridgehead atoms. The smallest absolute Gasteiger partial charge is 0.0931 e. The van der Waals surface area contributed by atoms with Gasteiger partial charge in [-0.15, -0.1) is 0 Å². The molecule has 16 heavy (non-hydrogen) atoms. The summed E-state index contributed by atoms with van der Waals surface area (Å²) in [7, 11) is 0. The molecule has 1 aromatic rings. The van der Waals surface area contributed by atoms with E-state index in [-0.39, 0.29) is 0 Å². The lowest BCUT2D eigenvalue weighted by molar-refractivity contribution is 0.194. The quantitative estimate of drug-likeness (QED) is 0.832. The minimum Gasteiger partial charge on any atom is -0.387 e. The maximum absolute atomic E-state index is 9.39. The molecule has 0 fully saturated rings. The number of hydrogen-bond donors (Lipinski definition) is 1. The molecular weight excluding hydrogens is 200 g/mol. The molecule has 0 unspecified atom stereocenters. The van der Waals surface area contributed by atoms with Gasteiger partial charge in [0.15, 0.2) is 0 Å². The first-order valence-corrected chi connectivity index (χ1v) is 5.97. The van der Waals surface area contributed by atoms with E-state index < -0.39 is 6.10 Å². The molecule has 0 aliphatic rings. The Morgan fingerprint density at radius 1 is 1.31 bits per heavy atom. The minimum atomic E-state index is -0.493. The minimum absolute atomic E-state index is 0.471. The monoisotopic (exact) mass is 222 g/mol. The van der Waals surface area contributed by atoms with Crippen LogP contribution in [0, 0.1) is 0 Å². The van der Waals surface area contributed by atoms with Crippen molar-refractivity contribution < 1.29 is 5.11 Å². The lowest BCUT2D eigenvalue weighted by atomic mass is 10.2. The predicted octanol–water partition coefficient (Wildman–Crippen LogP) is 2.76. The molecule has 3 heteroatoms. The number of pyridine rings is 1. The Kier molecular flexibility index (Phi) is 4.74. The van der Waals surface area contributed by atoms with Crippen LogP contribution in [0.25, 0.3) is 0 Å². The van der Waals surface area contributed by atoms with Crippen molar-refractivity contribution in [2.45, 2.75) is 46.3 Å². The third kappa shape index (κ3) is 3.20. The van der Waals surface area contributed by atoms with E-state index in [0.717, 1.165) is 24.3 Å². The summed E-state index contributed by atoms with van der Waals surface area (Å²) in [6, 6.07) is 4.40. The van der Waals surface area contributed by atoms with Gasteiger partial charge in [0.1, 0.15) is 0 Å². The molecule has 1 N–H and O–H groups in total. The van der Waals surface area contributed by atoms with Crippen molar-refractivity contribution in [1.29, 1.82) is 0 Å². The number of anilines is 1. The van der Waals surface area contributed by atoms with Crippen LogP contribution in [0.15, 0.2) is 18.3 Å². The zero-order valence-corrected chi connectivity index (χ0v) is 10.6. The van der Waals surface area contributed by atoms with E-state index in [9.17, 15) is 5.11 Å². The maximum Gasteiger partial charge on any atom is 0.0931 e. The van der Waals surface area contributed by atoms with E-state index in [4.69, 9.17) is 0 Å². The summed E-state index contributed by atoms with van der Waals surface area (Å²) < 4.78 is 0. The van der Waals surface area contributed by atoms with E-state index >= 15 is 0 Å². The van der Waals surface area contributed by atoms with Gasteiger partial charge in [0.05, 0.1) is 23.7 Å². The van der Waals surface area contributed by atoms with Crippen LogP contribution in [0.2, 0.25) is 0 Å². The number of hydrogen-bond acceptors (Lipinski definition) is 3. The van der Waals surface area contributed by atoms with Crippen LogP contribution in [-0.2, 0) is 0 Å². The summed E-state index contributed by atoms with van der Waals surface area (Å²) >= 11 is 0. The second-order valence-electron chi connectivity index (χ2n) is 4.40. The number of rotatable bonds is 5. The van der Waals surface area contributed by atoms with Crippen molar-refractivity contribution in [3.8, 4) is 0 Å². The molecule has 3 nitrogen and oxygen atoms in total. The first-order chi connectivity index (χ1) is 7.56. The lowest BCUT2D eigenvalue weighted by Gasteiger charge is -2.28. The van der Waals surface area contributed by atoms with Crippen LogP contribution in [0.5, 0.6) is 0 Å². The zero-order chi connectivity index (χ0) is 12.1. The molecule has 1 aromatic heterocycles. The normalized spacial score (nSPS) is 12.9. The molecular formula is C13H22N2O. The van der Waals surface area contributed by atoms with Crippen molar-refractivity contribution in [2.75, 3.05) is 11.4 Å². The van der Waals surface area contributed by atoms with Crippen LogP contribution in [0.1, 0.15) is 45.9 Å². The van der Waals surface area contributed by atoms with E-state index in [1.54, 1.807) is 6.92 Å². The van der Waals surface area contributed by atoms with Crippen LogP contribution >= 0.6 is 0 Å². The van der Waals surface area contributed by atoms with E-state index in [1.165, 1.54) is 0 Å². The van der Waals surface area contributed by atoms with Crippen LogP contribution in [-0.4, -0.2) is 22.7 Å². The van der Waals surface area contributed by atoms with E-state index in [0.29, 0.717) is 6.04 Å². The van der Waals surface area contributed by atoms with Gasteiger partial charge in [-0.1, -0.05) is 6.92 Å². The van der Waals surface area contributed by atoms with Crippen molar-refractivity contribution in [3.63, 3.8) is 0 Å². The predicted molar refractivity (Wildman–Crippen MR) is 67.6 cm³/mol. The van der Waals surface area contributed by atoms with Gasteiger partial charge in [-0.2, -0.15) is 0 Å². The number of aromatic nitrogens is 1. The van der Waals surface area contributed by atoms with E-state index in [2.05, 4.69) is 30.7 Å². The Balaban J connectivity index is 2.85. The van der Waals surface area contributed by atoms with Crippen LogP contribution in [0.3, 0.4) is 0 Å². The second-order valence-corrected chi connectivity index (χ2v) is 4.40. The average Bonchev–Trinajstić information content (AvgIpc) is 2.25. The highest BCUT2D eigenvalue weighted by Crippen LogP contribution is 2.18. The molecule has 0 aromatic carbocycles. The Labute approximate surface area is 98.1 Å². The highest BCUT2D eigenvalue weighted by Gasteiger charge is 2.10. The summed E-state index contributed by atoms with van der Waals surface area (Å²) in [6.07, 6.45) is 2.47. The Bertz CT molecular complexity index is 306. The molecule has 0 saturated heterocycles. The Morgan fingerprint density at radius 3 is 2.38 bits per heavy atom. The fraction of sp³-hybridized carbons (Fsp3) is 0.615. The van der Waals surface area contributed by atoms with Gasteiger partial charge in [-0.05, 0) is 39.3 Å². The third-order valence-electron chi connectivity index (χ3n) is 2.62. The lowest BCUT2D eigenvalue weighted by Crippen LogP contribution is -2.31. The molecule has 0 spiro atoms. The molecule has 1 heterocycles. The van der Waals surface area contributed by atoms with Crippen LogP contribution < -0.4 is 4.90 Å². The summed E-state index contributed by atoms with van der Waals surface area (Å²) in [5.74, 6) is 0. The molecule has 1 rings (SSSR count). The first kappa shape index (κ1) is 13.0. The summed E-state index contributed by atoms with van der Waals surface area (Å²) in [5, 5.41) is 9.39. The third-order valence-corrected chi connectivity index (χ3v) is 2.62. The van der Waals surface area contributed by atoms with Gasteiger partial charge in [-0.3, -0.25) is 4.98 Å². The highest BCUT2D eigenvalue weighted by atomic mass is 16.3. The van der Waals surface area contributed by atoms with Gasteiger partial charge < -0.3 is 10.0 Å². The number of nitrogens with zero attached hydrogens (tertiary/aromatic N) is 2.